The minimum absolute atomic E-state index is 0.0465. The highest BCUT2D eigenvalue weighted by atomic mass is 16.5. The Kier molecular flexibility index (Phi) is 8.13. The van der Waals surface area contributed by atoms with E-state index in [0.717, 1.165) is 35.4 Å². The molecule has 0 bridgehead atoms. The van der Waals surface area contributed by atoms with Crippen LogP contribution in [0.3, 0.4) is 0 Å². The number of benzene rings is 2. The van der Waals surface area contributed by atoms with Gasteiger partial charge in [-0.25, -0.2) is 0 Å². The van der Waals surface area contributed by atoms with Crippen LogP contribution in [-0.4, -0.2) is 38.1 Å². The Morgan fingerprint density at radius 3 is 2.40 bits per heavy atom. The number of para-hydroxylation sites is 1. The van der Waals surface area contributed by atoms with E-state index in [1.165, 1.54) is 5.56 Å². The average Bonchev–Trinajstić information content (AvgIpc) is 2.85. The number of hydrogen-bond donors (Lipinski definition) is 0. The third kappa shape index (κ3) is 5.88. The topological polar surface area (TPSA) is 58.9 Å². The van der Waals surface area contributed by atoms with Gasteiger partial charge in [-0.15, -0.1) is 0 Å². The number of hydrogen-bond acceptors (Lipinski definition) is 5. The third-order valence-electron chi connectivity index (χ3n) is 6.37. The molecular formula is C29H35NO5. The molecule has 1 aromatic heterocycles. The molecule has 3 aromatic rings. The Balaban J connectivity index is 1.63. The molecule has 6 heteroatoms. The zero-order valence-electron chi connectivity index (χ0n) is 21.1. The molecule has 1 aliphatic rings. The van der Waals surface area contributed by atoms with Crippen LogP contribution in [0.15, 0.2) is 59.5 Å². The van der Waals surface area contributed by atoms with Crippen molar-refractivity contribution in [2.45, 2.75) is 39.7 Å². The molecule has 2 heterocycles. The minimum atomic E-state index is 0.0465. The van der Waals surface area contributed by atoms with Crippen LogP contribution < -0.4 is 19.6 Å². The first kappa shape index (κ1) is 24.9. The van der Waals surface area contributed by atoms with E-state index < -0.39 is 0 Å². The fourth-order valence-corrected chi connectivity index (χ4v) is 4.47. The Morgan fingerprint density at radius 1 is 0.943 bits per heavy atom. The SMILES string of the molecule is COCCCOc1cc2c(cc1OCCOc1ccccc1)-c1cc(=O)c(C)cn1C(C(C)C)C2. The predicted octanol–water partition coefficient (Wildman–Crippen LogP) is 5.45. The maximum atomic E-state index is 12.6. The number of aromatic nitrogens is 1. The van der Waals surface area contributed by atoms with Crippen molar-refractivity contribution in [1.29, 1.82) is 0 Å². The Labute approximate surface area is 207 Å². The lowest BCUT2D eigenvalue weighted by Gasteiger charge is -2.34. The molecule has 35 heavy (non-hydrogen) atoms. The lowest BCUT2D eigenvalue weighted by Crippen LogP contribution is -2.26. The fraction of sp³-hybridized carbons (Fsp3) is 0.414. The molecular weight excluding hydrogens is 442 g/mol. The standard InChI is InChI=1S/C29H35NO5/c1-20(2)25-15-22-16-28(34-12-8-11-32-4)29(35-14-13-33-23-9-6-5-7-10-23)17-24(22)26-18-27(31)21(3)19-30(25)26/h5-7,9-10,16-20,25H,8,11-15H2,1-4H3. The molecule has 1 unspecified atom stereocenters. The second-order valence-corrected chi connectivity index (χ2v) is 9.29. The van der Waals surface area contributed by atoms with Crippen LogP contribution in [0.1, 0.15) is 37.4 Å². The molecule has 4 rings (SSSR count). The largest absolute Gasteiger partial charge is 0.490 e. The van der Waals surface area contributed by atoms with Gasteiger partial charge in [-0.3, -0.25) is 4.79 Å². The smallest absolute Gasteiger partial charge is 0.185 e. The number of fused-ring (bicyclic) bond motifs is 3. The highest BCUT2D eigenvalue weighted by Gasteiger charge is 2.28. The van der Waals surface area contributed by atoms with Crippen LogP contribution >= 0.6 is 0 Å². The van der Waals surface area contributed by atoms with Gasteiger partial charge in [0.2, 0.25) is 0 Å². The van der Waals surface area contributed by atoms with Crippen LogP contribution in [0.25, 0.3) is 11.3 Å². The molecule has 0 N–H and O–H groups in total. The van der Waals surface area contributed by atoms with Crippen molar-refractivity contribution >= 4 is 0 Å². The van der Waals surface area contributed by atoms with Gasteiger partial charge in [0.05, 0.1) is 12.3 Å². The summed E-state index contributed by atoms with van der Waals surface area (Å²) in [4.78, 5) is 12.6. The van der Waals surface area contributed by atoms with Gasteiger partial charge in [-0.2, -0.15) is 0 Å². The van der Waals surface area contributed by atoms with Gasteiger partial charge in [0.1, 0.15) is 19.0 Å². The van der Waals surface area contributed by atoms with Gasteiger partial charge >= 0.3 is 0 Å². The summed E-state index contributed by atoms with van der Waals surface area (Å²) in [5, 5.41) is 0. The normalized spacial score (nSPS) is 14.4. The lowest BCUT2D eigenvalue weighted by atomic mass is 9.87. The Hall–Kier alpha value is -3.25. The molecule has 0 radical (unpaired) electrons. The first-order valence-corrected chi connectivity index (χ1v) is 12.3. The van der Waals surface area contributed by atoms with Gasteiger partial charge in [-0.05, 0) is 49.1 Å². The summed E-state index contributed by atoms with van der Waals surface area (Å²) in [6, 6.07) is 15.8. The molecule has 2 aromatic carbocycles. The Bertz CT molecular complexity index is 1190. The van der Waals surface area contributed by atoms with Crippen LogP contribution in [0.2, 0.25) is 0 Å². The number of ether oxygens (including phenoxy) is 4. The Morgan fingerprint density at radius 2 is 1.66 bits per heavy atom. The number of aryl methyl sites for hydroxylation is 1. The van der Waals surface area contributed by atoms with Crippen molar-refractivity contribution in [3.63, 3.8) is 0 Å². The molecule has 0 aliphatic carbocycles. The van der Waals surface area contributed by atoms with Crippen molar-refractivity contribution in [3.8, 4) is 28.5 Å². The van der Waals surface area contributed by atoms with E-state index in [9.17, 15) is 4.79 Å². The maximum Gasteiger partial charge on any atom is 0.185 e. The van der Waals surface area contributed by atoms with E-state index >= 15 is 0 Å². The summed E-state index contributed by atoms with van der Waals surface area (Å²) in [5.41, 5.74) is 3.92. The van der Waals surface area contributed by atoms with Crippen molar-refractivity contribution in [3.05, 3.63) is 76.1 Å². The quantitative estimate of drug-likeness (QED) is 0.344. The molecule has 186 valence electrons. The third-order valence-corrected chi connectivity index (χ3v) is 6.37. The van der Waals surface area contributed by atoms with Crippen LogP contribution in [0.5, 0.6) is 17.2 Å². The zero-order chi connectivity index (χ0) is 24.8. The summed E-state index contributed by atoms with van der Waals surface area (Å²) >= 11 is 0. The van der Waals surface area contributed by atoms with Gasteiger partial charge < -0.3 is 23.5 Å². The number of rotatable bonds is 11. The highest BCUT2D eigenvalue weighted by Crippen LogP contribution is 2.42. The highest BCUT2D eigenvalue weighted by molar-refractivity contribution is 5.71. The lowest BCUT2D eigenvalue weighted by molar-refractivity contribution is 0.167. The van der Waals surface area contributed by atoms with Crippen molar-refractivity contribution in [2.24, 2.45) is 5.92 Å². The van der Waals surface area contributed by atoms with E-state index in [-0.39, 0.29) is 11.5 Å². The monoisotopic (exact) mass is 477 g/mol. The molecule has 0 amide bonds. The van der Waals surface area contributed by atoms with Crippen LogP contribution in [0, 0.1) is 12.8 Å². The average molecular weight is 478 g/mol. The summed E-state index contributed by atoms with van der Waals surface area (Å²) in [6.45, 7) is 8.27. The first-order chi connectivity index (χ1) is 17.0. The summed E-state index contributed by atoms with van der Waals surface area (Å²) in [6.07, 6.45) is 3.65. The van der Waals surface area contributed by atoms with Gasteiger partial charge in [-0.1, -0.05) is 32.0 Å². The van der Waals surface area contributed by atoms with Crippen LogP contribution in [-0.2, 0) is 11.2 Å². The van der Waals surface area contributed by atoms with Gasteiger partial charge in [0, 0.05) is 49.6 Å². The fourth-order valence-electron chi connectivity index (χ4n) is 4.47. The summed E-state index contributed by atoms with van der Waals surface area (Å²) in [7, 11) is 1.69. The van der Waals surface area contributed by atoms with Gasteiger partial charge in [0.15, 0.2) is 16.9 Å². The minimum Gasteiger partial charge on any atom is -0.490 e. The summed E-state index contributed by atoms with van der Waals surface area (Å²) < 4.78 is 25.5. The molecule has 6 nitrogen and oxygen atoms in total. The van der Waals surface area contributed by atoms with E-state index in [1.807, 2.05) is 49.5 Å². The maximum absolute atomic E-state index is 12.6. The molecule has 1 atom stereocenters. The number of methoxy groups -OCH3 is 1. The molecule has 0 saturated heterocycles. The van der Waals surface area contributed by atoms with Crippen molar-refractivity contribution in [1.82, 2.24) is 4.57 Å². The molecule has 0 spiro atoms. The number of nitrogens with zero attached hydrogens (tertiary/aromatic N) is 1. The van der Waals surface area contributed by atoms with Crippen LogP contribution in [0.4, 0.5) is 0 Å². The second-order valence-electron chi connectivity index (χ2n) is 9.29. The summed E-state index contributed by atoms with van der Waals surface area (Å²) in [5.74, 6) is 2.59. The molecule has 1 aliphatic heterocycles. The second kappa shape index (κ2) is 11.5. The van der Waals surface area contributed by atoms with E-state index in [0.29, 0.717) is 43.8 Å². The van der Waals surface area contributed by atoms with Crippen molar-refractivity contribution < 1.29 is 18.9 Å². The zero-order valence-corrected chi connectivity index (χ0v) is 21.1. The van der Waals surface area contributed by atoms with E-state index in [2.05, 4.69) is 24.5 Å². The number of pyridine rings is 1. The van der Waals surface area contributed by atoms with Gasteiger partial charge in [0.25, 0.3) is 0 Å². The van der Waals surface area contributed by atoms with Crippen molar-refractivity contribution in [2.75, 3.05) is 33.5 Å². The predicted molar refractivity (Wildman–Crippen MR) is 138 cm³/mol. The van der Waals surface area contributed by atoms with E-state index in [1.54, 1.807) is 13.2 Å². The van der Waals surface area contributed by atoms with E-state index in [4.69, 9.17) is 18.9 Å². The first-order valence-electron chi connectivity index (χ1n) is 12.3. The molecule has 0 saturated carbocycles. The molecule has 0 fully saturated rings.